The first-order valence-corrected chi connectivity index (χ1v) is 5.96. The number of hydrogen-bond donors (Lipinski definition) is 3. The lowest BCUT2D eigenvalue weighted by Crippen LogP contribution is -2.22. The van der Waals surface area contributed by atoms with E-state index >= 15 is 0 Å². The Hall–Kier alpha value is -1.44. The van der Waals surface area contributed by atoms with E-state index < -0.39 is 11.0 Å². The van der Waals surface area contributed by atoms with Gasteiger partial charge >= 0.3 is 0 Å². The molecule has 1 aromatic rings. The maximum atomic E-state index is 10.6. The molecule has 1 rings (SSSR count). The van der Waals surface area contributed by atoms with Gasteiger partial charge in [0.25, 0.3) is 5.69 Å². The fourth-order valence-electron chi connectivity index (χ4n) is 1.29. The van der Waals surface area contributed by atoms with Gasteiger partial charge in [-0.3, -0.25) is 10.1 Å². The van der Waals surface area contributed by atoms with Crippen LogP contribution in [-0.2, 0) is 0 Å². The minimum atomic E-state index is -0.721. The minimum absolute atomic E-state index is 0.0431. The number of halogens is 1. The lowest BCUT2D eigenvalue weighted by atomic mass is 10.1. The van der Waals surface area contributed by atoms with Crippen LogP contribution in [0.4, 0.5) is 11.4 Å². The van der Waals surface area contributed by atoms with Gasteiger partial charge in [-0.15, -0.1) is 11.6 Å². The number of thiocarbonyl (C=S) groups is 1. The molecule has 0 bridgehead atoms. The van der Waals surface area contributed by atoms with Crippen molar-refractivity contribution >= 4 is 40.2 Å². The molecule has 0 aliphatic heterocycles. The van der Waals surface area contributed by atoms with Crippen LogP contribution in [0.2, 0.25) is 0 Å². The molecule has 1 aromatic carbocycles. The summed E-state index contributed by atoms with van der Waals surface area (Å²) in [5.74, 6) is 0.0857. The van der Waals surface area contributed by atoms with Crippen LogP contribution >= 0.6 is 23.8 Å². The molecule has 0 heterocycles. The lowest BCUT2D eigenvalue weighted by molar-refractivity contribution is -0.384. The molecule has 8 heteroatoms. The van der Waals surface area contributed by atoms with E-state index in [2.05, 4.69) is 5.32 Å². The summed E-state index contributed by atoms with van der Waals surface area (Å²) in [7, 11) is 0. The summed E-state index contributed by atoms with van der Waals surface area (Å²) in [5.41, 5.74) is 6.29. The third-order valence-electron chi connectivity index (χ3n) is 2.19. The smallest absolute Gasteiger partial charge is 0.270 e. The number of nitrogens with zero attached hydrogens (tertiary/aromatic N) is 1. The maximum absolute atomic E-state index is 10.6. The predicted molar refractivity (Wildman–Crippen MR) is 74.2 cm³/mol. The van der Waals surface area contributed by atoms with Crippen molar-refractivity contribution in [2.24, 2.45) is 5.73 Å². The van der Waals surface area contributed by atoms with Crippen molar-refractivity contribution in [1.82, 2.24) is 0 Å². The summed E-state index contributed by atoms with van der Waals surface area (Å²) in [6.45, 7) is 0.205. The van der Waals surface area contributed by atoms with Crippen molar-refractivity contribution in [3.8, 4) is 0 Å². The normalized spacial score (nSPS) is 11.9. The van der Waals surface area contributed by atoms with Gasteiger partial charge < -0.3 is 16.2 Å². The molecule has 0 spiro atoms. The molecule has 0 amide bonds. The number of alkyl halides is 1. The summed E-state index contributed by atoms with van der Waals surface area (Å²) in [5, 5.41) is 22.9. The number of nitrogens with one attached hydrogen (secondary N) is 1. The molecule has 0 saturated heterocycles. The number of aliphatic hydroxyl groups excluding tert-OH is 1. The second-order valence-electron chi connectivity index (χ2n) is 3.54. The van der Waals surface area contributed by atoms with Crippen LogP contribution in [0.15, 0.2) is 18.2 Å². The number of aliphatic hydroxyl groups is 1. The van der Waals surface area contributed by atoms with Gasteiger partial charge in [0.15, 0.2) is 0 Å². The van der Waals surface area contributed by atoms with E-state index in [1.54, 1.807) is 0 Å². The zero-order chi connectivity index (χ0) is 13.7. The highest BCUT2D eigenvalue weighted by Gasteiger charge is 2.13. The van der Waals surface area contributed by atoms with Crippen molar-refractivity contribution in [3.63, 3.8) is 0 Å². The molecule has 98 valence electrons. The summed E-state index contributed by atoms with van der Waals surface area (Å²) >= 11 is 10.3. The summed E-state index contributed by atoms with van der Waals surface area (Å²) in [4.78, 5) is 10.2. The Morgan fingerprint density at radius 2 is 2.33 bits per heavy atom. The Morgan fingerprint density at radius 3 is 2.83 bits per heavy atom. The molecule has 0 aliphatic rings. The van der Waals surface area contributed by atoms with Gasteiger partial charge in [0.1, 0.15) is 4.99 Å². The second kappa shape index (κ2) is 6.48. The Bertz CT molecular complexity index is 470. The number of benzene rings is 1. The van der Waals surface area contributed by atoms with Crippen LogP contribution in [-0.4, -0.2) is 33.5 Å². The number of non-ortho nitro benzene ring substituents is 1. The molecular weight excluding hydrogens is 278 g/mol. The van der Waals surface area contributed by atoms with E-state index in [1.165, 1.54) is 18.2 Å². The maximum Gasteiger partial charge on any atom is 0.270 e. The topological polar surface area (TPSA) is 101 Å². The average Bonchev–Trinajstić information content (AvgIpc) is 2.35. The van der Waals surface area contributed by atoms with Gasteiger partial charge in [-0.1, -0.05) is 12.2 Å². The van der Waals surface area contributed by atoms with Crippen molar-refractivity contribution in [1.29, 1.82) is 0 Å². The average molecular weight is 290 g/mol. The first-order valence-electron chi connectivity index (χ1n) is 5.02. The highest BCUT2D eigenvalue weighted by atomic mass is 35.5. The van der Waals surface area contributed by atoms with Crippen LogP contribution in [0.5, 0.6) is 0 Å². The molecular formula is C10H12ClN3O3S. The summed E-state index contributed by atoms with van der Waals surface area (Å²) < 4.78 is 0. The number of nitro groups is 1. The Kier molecular flexibility index (Phi) is 5.26. The molecule has 0 radical (unpaired) electrons. The van der Waals surface area contributed by atoms with Crippen molar-refractivity contribution in [2.45, 2.75) is 6.10 Å². The van der Waals surface area contributed by atoms with E-state index in [1.807, 2.05) is 0 Å². The van der Waals surface area contributed by atoms with E-state index in [9.17, 15) is 15.2 Å². The quantitative estimate of drug-likeness (QED) is 0.315. The molecule has 0 aliphatic carbocycles. The predicted octanol–water partition coefficient (Wildman–Crippen LogP) is 1.24. The number of hydrogen-bond acceptors (Lipinski definition) is 5. The first-order chi connectivity index (χ1) is 8.45. The molecule has 6 nitrogen and oxygen atoms in total. The second-order valence-corrected chi connectivity index (χ2v) is 4.29. The van der Waals surface area contributed by atoms with Crippen LogP contribution < -0.4 is 11.1 Å². The lowest BCUT2D eigenvalue weighted by Gasteiger charge is -2.13. The fourth-order valence-corrected chi connectivity index (χ4v) is 1.56. The standard InChI is InChI=1S/C10H12ClN3O3S/c11-4-7(15)5-13-9-2-1-6(14(16)17)3-8(9)10(12)18/h1-3,7,13,15H,4-5H2,(H2,12,18). The molecule has 1 atom stereocenters. The molecule has 4 N–H and O–H groups in total. The van der Waals surface area contributed by atoms with Crippen LogP contribution in [0.3, 0.4) is 0 Å². The van der Waals surface area contributed by atoms with Crippen LogP contribution in [0.25, 0.3) is 0 Å². The summed E-state index contributed by atoms with van der Waals surface area (Å²) in [6, 6.07) is 4.11. The largest absolute Gasteiger partial charge is 0.390 e. The van der Waals surface area contributed by atoms with E-state index in [-0.39, 0.29) is 23.1 Å². The van der Waals surface area contributed by atoms with E-state index in [4.69, 9.17) is 29.6 Å². The van der Waals surface area contributed by atoms with E-state index in [0.717, 1.165) is 0 Å². The number of anilines is 1. The first kappa shape index (κ1) is 14.6. The number of rotatable bonds is 6. The number of nitro benzene ring substituents is 1. The Balaban J connectivity index is 2.97. The number of nitrogens with two attached hydrogens (primary N) is 1. The van der Waals surface area contributed by atoms with Gasteiger partial charge in [0, 0.05) is 29.9 Å². The highest BCUT2D eigenvalue weighted by molar-refractivity contribution is 7.80. The zero-order valence-electron chi connectivity index (χ0n) is 9.30. The van der Waals surface area contributed by atoms with Gasteiger partial charge in [0.05, 0.1) is 16.9 Å². The molecule has 0 fully saturated rings. The molecule has 0 aromatic heterocycles. The fraction of sp³-hybridized carbons (Fsp3) is 0.300. The van der Waals surface area contributed by atoms with Crippen molar-refractivity contribution in [2.75, 3.05) is 17.7 Å². The third kappa shape index (κ3) is 3.80. The van der Waals surface area contributed by atoms with Crippen LogP contribution in [0.1, 0.15) is 5.56 Å². The van der Waals surface area contributed by atoms with E-state index in [0.29, 0.717) is 11.3 Å². The summed E-state index contributed by atoms with van der Waals surface area (Å²) in [6.07, 6.45) is -0.721. The van der Waals surface area contributed by atoms with Crippen molar-refractivity contribution in [3.05, 3.63) is 33.9 Å². The Labute approximate surface area is 114 Å². The Morgan fingerprint density at radius 1 is 1.67 bits per heavy atom. The van der Waals surface area contributed by atoms with Crippen LogP contribution in [0, 0.1) is 10.1 Å². The van der Waals surface area contributed by atoms with Gasteiger partial charge in [-0.05, 0) is 6.07 Å². The molecule has 1 unspecified atom stereocenters. The monoisotopic (exact) mass is 289 g/mol. The van der Waals surface area contributed by atoms with Gasteiger partial charge in [-0.25, -0.2) is 0 Å². The molecule has 0 saturated carbocycles. The molecule has 18 heavy (non-hydrogen) atoms. The highest BCUT2D eigenvalue weighted by Crippen LogP contribution is 2.22. The zero-order valence-corrected chi connectivity index (χ0v) is 10.9. The SMILES string of the molecule is NC(=S)c1cc([N+](=O)[O-])ccc1NCC(O)CCl. The van der Waals surface area contributed by atoms with Gasteiger partial charge in [-0.2, -0.15) is 0 Å². The third-order valence-corrected chi connectivity index (χ3v) is 2.76. The minimum Gasteiger partial charge on any atom is -0.390 e. The van der Waals surface area contributed by atoms with Crippen molar-refractivity contribution < 1.29 is 10.0 Å². The van der Waals surface area contributed by atoms with Gasteiger partial charge in [0.2, 0.25) is 0 Å².